The molecule has 2 rings (SSSR count). The van der Waals surface area contributed by atoms with Crippen LogP contribution in [0.5, 0.6) is 0 Å². The Morgan fingerprint density at radius 2 is 1.69 bits per heavy atom. The molecule has 0 aliphatic carbocycles. The van der Waals surface area contributed by atoms with Crippen molar-refractivity contribution >= 4 is 68.1 Å². The number of benzene rings is 2. The van der Waals surface area contributed by atoms with Crippen molar-refractivity contribution < 1.29 is 22.7 Å². The average molecular weight is 480 g/mol. The van der Waals surface area contributed by atoms with E-state index in [4.69, 9.17) is 39.5 Å². The average Bonchev–Trinajstić information content (AvgIpc) is 2.63. The number of carbonyl (C=O) groups excluding carboxylic acids is 2. The molecule has 0 saturated carbocycles. The topological polar surface area (TPSA) is 92.8 Å². The highest BCUT2D eigenvalue weighted by molar-refractivity contribution is 7.92. The van der Waals surface area contributed by atoms with Crippen molar-refractivity contribution in [2.45, 2.75) is 6.92 Å². The van der Waals surface area contributed by atoms with Gasteiger partial charge in [0.15, 0.2) is 0 Å². The number of esters is 1. The molecule has 1 N–H and O–H groups in total. The van der Waals surface area contributed by atoms with Gasteiger partial charge in [0.05, 0.1) is 39.2 Å². The van der Waals surface area contributed by atoms with E-state index in [1.807, 2.05) is 0 Å². The molecule has 0 bridgehead atoms. The van der Waals surface area contributed by atoms with E-state index in [9.17, 15) is 18.0 Å². The van der Waals surface area contributed by atoms with Crippen LogP contribution in [0.4, 0.5) is 11.4 Å². The van der Waals surface area contributed by atoms with E-state index in [-0.39, 0.29) is 38.6 Å². The van der Waals surface area contributed by atoms with Crippen LogP contribution >= 0.6 is 34.8 Å². The molecule has 0 aromatic heterocycles. The minimum Gasteiger partial charge on any atom is -0.462 e. The summed E-state index contributed by atoms with van der Waals surface area (Å²) in [5.74, 6) is -1.28. The van der Waals surface area contributed by atoms with E-state index in [1.54, 1.807) is 6.92 Å². The van der Waals surface area contributed by atoms with Gasteiger partial charge in [-0.15, -0.1) is 0 Å². The van der Waals surface area contributed by atoms with Crippen LogP contribution in [0.2, 0.25) is 15.1 Å². The van der Waals surface area contributed by atoms with Gasteiger partial charge in [-0.25, -0.2) is 13.2 Å². The van der Waals surface area contributed by atoms with Gasteiger partial charge in [0.2, 0.25) is 15.9 Å². The SMILES string of the molecule is CCOC(=O)c1cc(NC(=O)CN(c2ccc(Cl)c(Cl)c2)S(C)(=O)=O)ccc1Cl. The fourth-order valence-corrected chi connectivity index (χ4v) is 3.67. The van der Waals surface area contributed by atoms with Crippen molar-refractivity contribution in [1.29, 1.82) is 0 Å². The van der Waals surface area contributed by atoms with E-state index in [0.717, 1.165) is 10.6 Å². The molecule has 156 valence electrons. The smallest absolute Gasteiger partial charge is 0.339 e. The Labute approximate surface area is 183 Å². The van der Waals surface area contributed by atoms with Crippen molar-refractivity contribution in [2.75, 3.05) is 29.0 Å². The van der Waals surface area contributed by atoms with Gasteiger partial charge in [0.1, 0.15) is 6.54 Å². The summed E-state index contributed by atoms with van der Waals surface area (Å²) < 4.78 is 30.1. The molecule has 0 saturated heterocycles. The van der Waals surface area contributed by atoms with Gasteiger partial charge < -0.3 is 10.1 Å². The van der Waals surface area contributed by atoms with E-state index in [2.05, 4.69) is 5.32 Å². The maximum atomic E-state index is 12.5. The number of hydrogen-bond acceptors (Lipinski definition) is 5. The number of nitrogens with zero attached hydrogens (tertiary/aromatic N) is 1. The van der Waals surface area contributed by atoms with Crippen LogP contribution in [-0.4, -0.2) is 39.7 Å². The standard InChI is InChI=1S/C18H17Cl3N2O5S/c1-3-28-18(25)13-8-11(4-6-14(13)19)22-17(24)10-23(29(2,26)27)12-5-7-15(20)16(21)9-12/h4-9H,3,10H2,1-2H3,(H,22,24). The Hall–Kier alpha value is -2.00. The Morgan fingerprint density at radius 1 is 1.03 bits per heavy atom. The summed E-state index contributed by atoms with van der Waals surface area (Å²) in [5.41, 5.74) is 0.515. The monoisotopic (exact) mass is 478 g/mol. The highest BCUT2D eigenvalue weighted by Crippen LogP contribution is 2.28. The molecule has 0 aliphatic heterocycles. The first-order valence-electron chi connectivity index (χ1n) is 8.22. The zero-order chi connectivity index (χ0) is 21.8. The second kappa shape index (κ2) is 9.67. The highest BCUT2D eigenvalue weighted by atomic mass is 35.5. The summed E-state index contributed by atoms with van der Waals surface area (Å²) in [7, 11) is -3.80. The molecule has 0 heterocycles. The molecular formula is C18H17Cl3N2O5S. The predicted octanol–water partition coefficient (Wildman–Crippen LogP) is 4.23. The minimum absolute atomic E-state index is 0.0794. The van der Waals surface area contributed by atoms with Crippen molar-refractivity contribution in [2.24, 2.45) is 0 Å². The van der Waals surface area contributed by atoms with Gasteiger partial charge in [-0.1, -0.05) is 34.8 Å². The van der Waals surface area contributed by atoms with E-state index < -0.39 is 28.4 Å². The fraction of sp³-hybridized carbons (Fsp3) is 0.222. The van der Waals surface area contributed by atoms with Crippen LogP contribution in [-0.2, 0) is 19.6 Å². The molecule has 0 radical (unpaired) electrons. The lowest BCUT2D eigenvalue weighted by molar-refractivity contribution is -0.114. The molecule has 0 atom stereocenters. The first-order valence-corrected chi connectivity index (χ1v) is 11.2. The van der Waals surface area contributed by atoms with Gasteiger partial charge in [0, 0.05) is 5.69 Å². The molecule has 0 aliphatic rings. The number of hydrogen-bond donors (Lipinski definition) is 1. The molecule has 0 fully saturated rings. The second-order valence-corrected chi connectivity index (χ2v) is 8.96. The Morgan fingerprint density at radius 3 is 2.28 bits per heavy atom. The third kappa shape index (κ3) is 6.24. The van der Waals surface area contributed by atoms with Crippen LogP contribution in [0.1, 0.15) is 17.3 Å². The zero-order valence-electron chi connectivity index (χ0n) is 15.4. The summed E-state index contributed by atoms with van der Waals surface area (Å²) in [6, 6.07) is 8.47. The summed E-state index contributed by atoms with van der Waals surface area (Å²) in [5, 5.41) is 3.10. The fourth-order valence-electron chi connectivity index (χ4n) is 2.34. The first-order chi connectivity index (χ1) is 13.5. The third-order valence-electron chi connectivity index (χ3n) is 3.62. The van der Waals surface area contributed by atoms with Crippen LogP contribution in [0.25, 0.3) is 0 Å². The molecule has 11 heteroatoms. The maximum Gasteiger partial charge on any atom is 0.339 e. The number of halogens is 3. The Kier molecular flexibility index (Phi) is 7.76. The van der Waals surface area contributed by atoms with Crippen molar-refractivity contribution in [3.05, 3.63) is 57.0 Å². The number of amides is 1. The number of ether oxygens (including phenoxy) is 1. The third-order valence-corrected chi connectivity index (χ3v) is 5.83. The number of nitrogens with one attached hydrogen (secondary N) is 1. The lowest BCUT2D eigenvalue weighted by Gasteiger charge is -2.22. The molecule has 2 aromatic carbocycles. The minimum atomic E-state index is -3.80. The van der Waals surface area contributed by atoms with Gasteiger partial charge >= 0.3 is 5.97 Å². The van der Waals surface area contributed by atoms with Crippen LogP contribution in [0.3, 0.4) is 0 Å². The summed E-state index contributed by atoms with van der Waals surface area (Å²) in [6.07, 6.45) is 0.962. The number of carbonyl (C=O) groups is 2. The maximum absolute atomic E-state index is 12.5. The predicted molar refractivity (Wildman–Crippen MR) is 115 cm³/mol. The molecule has 0 spiro atoms. The quantitative estimate of drug-likeness (QED) is 0.600. The van der Waals surface area contributed by atoms with Crippen molar-refractivity contribution in [1.82, 2.24) is 0 Å². The Balaban J connectivity index is 2.24. The van der Waals surface area contributed by atoms with Gasteiger partial charge in [-0.3, -0.25) is 9.10 Å². The largest absolute Gasteiger partial charge is 0.462 e. The molecule has 2 aromatic rings. The summed E-state index contributed by atoms with van der Waals surface area (Å²) in [4.78, 5) is 24.4. The number of rotatable bonds is 7. The summed E-state index contributed by atoms with van der Waals surface area (Å²) in [6.45, 7) is 1.30. The van der Waals surface area contributed by atoms with E-state index >= 15 is 0 Å². The second-order valence-electron chi connectivity index (χ2n) is 5.83. The number of sulfonamides is 1. The highest BCUT2D eigenvalue weighted by Gasteiger charge is 2.22. The van der Waals surface area contributed by atoms with Gasteiger partial charge in [0.25, 0.3) is 0 Å². The Bertz CT molecular complexity index is 1040. The van der Waals surface area contributed by atoms with Crippen molar-refractivity contribution in [3.63, 3.8) is 0 Å². The molecule has 1 amide bonds. The zero-order valence-corrected chi connectivity index (χ0v) is 18.5. The summed E-state index contributed by atoms with van der Waals surface area (Å²) >= 11 is 17.8. The number of anilines is 2. The van der Waals surface area contributed by atoms with E-state index in [1.165, 1.54) is 36.4 Å². The van der Waals surface area contributed by atoms with Gasteiger partial charge in [-0.2, -0.15) is 0 Å². The van der Waals surface area contributed by atoms with Gasteiger partial charge in [-0.05, 0) is 43.3 Å². The lowest BCUT2D eigenvalue weighted by atomic mass is 10.2. The normalized spacial score (nSPS) is 11.1. The van der Waals surface area contributed by atoms with E-state index in [0.29, 0.717) is 0 Å². The van der Waals surface area contributed by atoms with Crippen LogP contribution in [0.15, 0.2) is 36.4 Å². The molecule has 29 heavy (non-hydrogen) atoms. The molecule has 0 unspecified atom stereocenters. The van der Waals surface area contributed by atoms with Crippen LogP contribution < -0.4 is 9.62 Å². The molecular weight excluding hydrogens is 463 g/mol. The van der Waals surface area contributed by atoms with Crippen LogP contribution in [0, 0.1) is 0 Å². The lowest BCUT2D eigenvalue weighted by Crippen LogP contribution is -2.37. The van der Waals surface area contributed by atoms with Crippen molar-refractivity contribution in [3.8, 4) is 0 Å². The molecule has 7 nitrogen and oxygen atoms in total. The first kappa shape index (κ1) is 23.3.